The molecule has 1 saturated heterocycles. The second kappa shape index (κ2) is 7.96. The average molecular weight is 372 g/mol. The minimum atomic E-state index is -0.580. The van der Waals surface area contributed by atoms with E-state index < -0.39 is 4.92 Å². The molecular formula is C17H20N6O4. The van der Waals surface area contributed by atoms with Crippen LogP contribution < -0.4 is 10.1 Å². The fraction of sp³-hybridized carbons (Fsp3) is 0.353. The summed E-state index contributed by atoms with van der Waals surface area (Å²) in [6.45, 7) is 1.36. The Balaban J connectivity index is 1.62. The second-order valence-corrected chi connectivity index (χ2v) is 6.37. The van der Waals surface area contributed by atoms with Crippen LogP contribution in [0.1, 0.15) is 6.42 Å². The molecule has 0 radical (unpaired) electrons. The van der Waals surface area contributed by atoms with E-state index in [1.165, 1.54) is 24.5 Å². The molecular weight excluding hydrogens is 352 g/mol. The molecule has 1 N–H and O–H groups in total. The van der Waals surface area contributed by atoms with Crippen molar-refractivity contribution in [2.24, 2.45) is 0 Å². The van der Waals surface area contributed by atoms with Crippen molar-refractivity contribution in [3.63, 3.8) is 0 Å². The number of rotatable bonds is 5. The van der Waals surface area contributed by atoms with E-state index in [9.17, 15) is 14.9 Å². The Morgan fingerprint density at radius 1 is 1.33 bits per heavy atom. The van der Waals surface area contributed by atoms with Gasteiger partial charge in [0.2, 0.25) is 0 Å². The number of amides is 2. The third-order valence-electron chi connectivity index (χ3n) is 4.29. The van der Waals surface area contributed by atoms with Crippen LogP contribution in [-0.2, 0) is 0 Å². The van der Waals surface area contributed by atoms with Crippen LogP contribution in [0.5, 0.6) is 11.5 Å². The first kappa shape index (κ1) is 18.5. The lowest BCUT2D eigenvalue weighted by atomic mass is 10.2. The van der Waals surface area contributed by atoms with E-state index in [0.29, 0.717) is 36.4 Å². The zero-order chi connectivity index (χ0) is 19.4. The van der Waals surface area contributed by atoms with Crippen LogP contribution in [-0.4, -0.2) is 63.9 Å². The number of nitrogens with one attached hydrogen (secondary N) is 1. The van der Waals surface area contributed by atoms with Crippen LogP contribution in [0.3, 0.4) is 0 Å². The highest BCUT2D eigenvalue weighted by Gasteiger charge is 2.27. The van der Waals surface area contributed by atoms with Crippen LogP contribution in [0, 0.1) is 10.1 Å². The number of urea groups is 1. The van der Waals surface area contributed by atoms with Crippen molar-refractivity contribution in [3.8, 4) is 11.5 Å². The van der Waals surface area contributed by atoms with E-state index in [4.69, 9.17) is 4.74 Å². The Hall–Kier alpha value is -3.27. The highest BCUT2D eigenvalue weighted by atomic mass is 16.6. The Labute approximate surface area is 155 Å². The van der Waals surface area contributed by atoms with Crippen molar-refractivity contribution in [2.75, 3.05) is 32.5 Å². The summed E-state index contributed by atoms with van der Waals surface area (Å²) in [4.78, 5) is 34.1. The number of hydrogen-bond acceptors (Lipinski definition) is 7. The fourth-order valence-electron chi connectivity index (χ4n) is 2.76. The maximum absolute atomic E-state index is 12.4. The van der Waals surface area contributed by atoms with Crippen LogP contribution in [0.25, 0.3) is 0 Å². The van der Waals surface area contributed by atoms with Gasteiger partial charge in [-0.15, -0.1) is 0 Å². The molecule has 1 fully saturated rings. The quantitative estimate of drug-likeness (QED) is 0.633. The first-order valence-electron chi connectivity index (χ1n) is 8.39. The molecule has 3 rings (SSSR count). The monoisotopic (exact) mass is 372 g/mol. The standard InChI is InChI=1S/C17H20N6O4/c1-21(2)12-6-8-22(11-12)17(24)20-15-9-13(5-7-18-15)27-14-3-4-16(19-10-14)23(25)26/h3-5,7,9-10,12H,6,8,11H2,1-2H3,(H,18,20,24). The lowest BCUT2D eigenvalue weighted by Gasteiger charge is -2.20. The molecule has 1 aliphatic rings. The number of pyridine rings is 2. The summed E-state index contributed by atoms with van der Waals surface area (Å²) < 4.78 is 5.61. The van der Waals surface area contributed by atoms with Gasteiger partial charge in [-0.2, -0.15) is 0 Å². The molecule has 0 spiro atoms. The van der Waals surface area contributed by atoms with Crippen molar-refractivity contribution >= 4 is 17.7 Å². The molecule has 27 heavy (non-hydrogen) atoms. The minimum Gasteiger partial charge on any atom is -0.453 e. The van der Waals surface area contributed by atoms with Gasteiger partial charge in [0.1, 0.15) is 11.6 Å². The minimum absolute atomic E-state index is 0.207. The third-order valence-corrected chi connectivity index (χ3v) is 4.29. The summed E-state index contributed by atoms with van der Waals surface area (Å²) in [5.74, 6) is 0.883. The van der Waals surface area contributed by atoms with E-state index in [1.54, 1.807) is 17.0 Å². The zero-order valence-electron chi connectivity index (χ0n) is 15.0. The topological polar surface area (TPSA) is 114 Å². The number of nitrogens with zero attached hydrogens (tertiary/aromatic N) is 5. The molecule has 3 heterocycles. The number of likely N-dealkylation sites (N-methyl/N-ethyl adjacent to an activating group) is 1. The molecule has 1 aliphatic heterocycles. The van der Waals surface area contributed by atoms with Crippen molar-refractivity contribution < 1.29 is 14.5 Å². The number of ether oxygens (including phenoxy) is 1. The molecule has 2 aromatic rings. The summed E-state index contributed by atoms with van der Waals surface area (Å²) in [5.41, 5.74) is 0. The van der Waals surface area contributed by atoms with Crippen molar-refractivity contribution in [1.82, 2.24) is 19.8 Å². The normalized spacial score (nSPS) is 16.4. The van der Waals surface area contributed by atoms with Gasteiger partial charge >= 0.3 is 11.8 Å². The van der Waals surface area contributed by atoms with Gasteiger partial charge in [-0.05, 0) is 42.6 Å². The fourth-order valence-corrected chi connectivity index (χ4v) is 2.76. The number of likely N-dealkylation sites (tertiary alicyclic amines) is 1. The largest absolute Gasteiger partial charge is 0.453 e. The average Bonchev–Trinajstić information content (AvgIpc) is 3.13. The molecule has 0 saturated carbocycles. The summed E-state index contributed by atoms with van der Waals surface area (Å²) in [7, 11) is 4.00. The summed E-state index contributed by atoms with van der Waals surface area (Å²) in [5, 5.41) is 13.4. The molecule has 10 nitrogen and oxygen atoms in total. The predicted molar refractivity (Wildman–Crippen MR) is 97.9 cm³/mol. The smallest absolute Gasteiger partial charge is 0.363 e. The number of aromatic nitrogens is 2. The Morgan fingerprint density at radius 3 is 2.78 bits per heavy atom. The van der Waals surface area contributed by atoms with Gasteiger partial charge in [-0.1, -0.05) is 0 Å². The van der Waals surface area contributed by atoms with Crippen molar-refractivity contribution in [2.45, 2.75) is 12.5 Å². The number of anilines is 1. The molecule has 2 amide bonds. The Kier molecular flexibility index (Phi) is 5.46. The van der Waals surface area contributed by atoms with E-state index in [0.717, 1.165) is 6.42 Å². The van der Waals surface area contributed by atoms with Gasteiger partial charge < -0.3 is 24.7 Å². The van der Waals surface area contributed by atoms with E-state index >= 15 is 0 Å². The van der Waals surface area contributed by atoms with Gasteiger partial charge in [0.05, 0.1) is 0 Å². The number of nitro groups is 1. The molecule has 10 heteroatoms. The van der Waals surface area contributed by atoms with Crippen LogP contribution in [0.2, 0.25) is 0 Å². The predicted octanol–water partition coefficient (Wildman–Crippen LogP) is 2.34. The maximum Gasteiger partial charge on any atom is 0.363 e. The molecule has 0 aromatic carbocycles. The summed E-state index contributed by atoms with van der Waals surface area (Å²) in [6, 6.07) is 6.06. The van der Waals surface area contributed by atoms with Gasteiger partial charge in [0.15, 0.2) is 11.9 Å². The van der Waals surface area contributed by atoms with E-state index in [1.807, 2.05) is 14.1 Å². The van der Waals surface area contributed by atoms with Gasteiger partial charge in [-0.25, -0.2) is 9.78 Å². The second-order valence-electron chi connectivity index (χ2n) is 6.37. The Bertz CT molecular complexity index is 826. The maximum atomic E-state index is 12.4. The molecule has 0 bridgehead atoms. The van der Waals surface area contributed by atoms with Crippen LogP contribution in [0.4, 0.5) is 16.4 Å². The highest BCUT2D eigenvalue weighted by Crippen LogP contribution is 2.24. The van der Waals surface area contributed by atoms with Gasteiger partial charge in [0.25, 0.3) is 0 Å². The van der Waals surface area contributed by atoms with Gasteiger partial charge in [-0.3, -0.25) is 5.32 Å². The molecule has 1 unspecified atom stereocenters. The first-order valence-corrected chi connectivity index (χ1v) is 8.39. The van der Waals surface area contributed by atoms with Crippen molar-refractivity contribution in [3.05, 3.63) is 46.8 Å². The number of hydrogen-bond donors (Lipinski definition) is 1. The lowest BCUT2D eigenvalue weighted by Crippen LogP contribution is -2.36. The molecule has 0 aliphatic carbocycles. The lowest BCUT2D eigenvalue weighted by molar-refractivity contribution is -0.389. The zero-order valence-corrected chi connectivity index (χ0v) is 15.0. The highest BCUT2D eigenvalue weighted by molar-refractivity contribution is 5.88. The Morgan fingerprint density at radius 2 is 2.15 bits per heavy atom. The number of carbonyl (C=O) groups excluding carboxylic acids is 1. The third kappa shape index (κ3) is 4.67. The number of carbonyl (C=O) groups is 1. The van der Waals surface area contributed by atoms with Crippen LogP contribution >= 0.6 is 0 Å². The first-order chi connectivity index (χ1) is 12.9. The molecule has 2 aromatic heterocycles. The SMILES string of the molecule is CN(C)C1CCN(C(=O)Nc2cc(Oc3ccc([N+](=O)[O-])nc3)ccn2)C1. The van der Waals surface area contributed by atoms with Crippen molar-refractivity contribution in [1.29, 1.82) is 0 Å². The van der Waals surface area contributed by atoms with E-state index in [-0.39, 0.29) is 11.8 Å². The molecule has 1 atom stereocenters. The van der Waals surface area contributed by atoms with E-state index in [2.05, 4.69) is 20.2 Å². The molecule has 142 valence electrons. The van der Waals surface area contributed by atoms with Crippen LogP contribution in [0.15, 0.2) is 36.7 Å². The summed E-state index contributed by atoms with van der Waals surface area (Å²) in [6.07, 6.45) is 3.71. The van der Waals surface area contributed by atoms with Gasteiger partial charge in [0, 0.05) is 37.5 Å². The summed E-state index contributed by atoms with van der Waals surface area (Å²) >= 11 is 0.